The number of pyridine rings is 2. The quantitative estimate of drug-likeness (QED) is 0.608. The fraction of sp³-hybridized carbons (Fsp3) is 0.333. The van der Waals surface area contributed by atoms with Gasteiger partial charge in [-0.05, 0) is 23.6 Å². The Hall–Kier alpha value is -2.48. The molecule has 2 heterocycles. The molecule has 0 radical (unpaired) electrons. The smallest absolute Gasteiger partial charge is 0.205 e. The molecule has 4 rings (SSSR count). The molecule has 0 N–H and O–H groups in total. The summed E-state index contributed by atoms with van der Waals surface area (Å²) in [6, 6.07) is 13.3. The monoisotopic (exact) mass is 344 g/mol. The molecule has 132 valence electrons. The number of aryl methyl sites for hydroxylation is 2. The predicted molar refractivity (Wildman–Crippen MR) is 105 cm³/mol. The van der Waals surface area contributed by atoms with Crippen LogP contribution in [0.4, 0.5) is 0 Å². The Kier molecular flexibility index (Phi) is 4.14. The van der Waals surface area contributed by atoms with Gasteiger partial charge < -0.3 is 0 Å². The molecule has 26 heavy (non-hydrogen) atoms. The fourth-order valence-corrected chi connectivity index (χ4v) is 4.07. The normalized spacial score (nSPS) is 14.2. The minimum absolute atomic E-state index is 0.0206. The molecule has 2 heteroatoms. The van der Waals surface area contributed by atoms with Gasteiger partial charge in [-0.2, -0.15) is 4.57 Å². The lowest BCUT2D eigenvalue weighted by atomic mass is 9.84. The first-order valence-electron chi connectivity index (χ1n) is 9.67. The zero-order valence-electron chi connectivity index (χ0n) is 16.3. The molecule has 1 aromatic carbocycles. The van der Waals surface area contributed by atoms with Gasteiger partial charge >= 0.3 is 0 Å². The van der Waals surface area contributed by atoms with Crippen LogP contribution in [0.3, 0.4) is 0 Å². The van der Waals surface area contributed by atoms with Crippen molar-refractivity contribution in [3.63, 3.8) is 0 Å². The van der Waals surface area contributed by atoms with Crippen LogP contribution in [0.2, 0.25) is 0 Å². The van der Waals surface area contributed by atoms with Crippen molar-refractivity contribution in [2.24, 2.45) is 0 Å². The first kappa shape index (κ1) is 17.0. The van der Waals surface area contributed by atoms with E-state index in [2.05, 4.69) is 98.0 Å². The molecule has 1 aliphatic rings. The van der Waals surface area contributed by atoms with E-state index in [0.717, 1.165) is 6.54 Å². The van der Waals surface area contributed by atoms with E-state index in [1.54, 1.807) is 0 Å². The van der Waals surface area contributed by atoms with Gasteiger partial charge in [0.25, 0.3) is 0 Å². The van der Waals surface area contributed by atoms with E-state index in [4.69, 9.17) is 0 Å². The van der Waals surface area contributed by atoms with E-state index in [1.807, 2.05) is 0 Å². The van der Waals surface area contributed by atoms with Gasteiger partial charge in [0, 0.05) is 47.2 Å². The van der Waals surface area contributed by atoms with Crippen LogP contribution in [0.1, 0.15) is 50.3 Å². The third-order valence-electron chi connectivity index (χ3n) is 5.68. The SMILES string of the molecule is CCCC[n+]1ccc2c(c1)C(C)(C)c1c[n+](-c3cccc(C)c3)ccc1-2. The van der Waals surface area contributed by atoms with Crippen molar-refractivity contribution < 1.29 is 9.13 Å². The van der Waals surface area contributed by atoms with Gasteiger partial charge in [-0.3, -0.25) is 0 Å². The number of rotatable bonds is 4. The Balaban J connectivity index is 1.80. The highest BCUT2D eigenvalue weighted by Crippen LogP contribution is 2.47. The van der Waals surface area contributed by atoms with E-state index in [0.29, 0.717) is 0 Å². The zero-order chi connectivity index (χ0) is 18.3. The van der Waals surface area contributed by atoms with Gasteiger partial charge in [0.15, 0.2) is 24.8 Å². The second kappa shape index (κ2) is 6.35. The van der Waals surface area contributed by atoms with E-state index in [9.17, 15) is 0 Å². The summed E-state index contributed by atoms with van der Waals surface area (Å²) in [6.07, 6.45) is 11.6. The Morgan fingerprint density at radius 1 is 0.923 bits per heavy atom. The number of nitrogens with zero attached hydrogens (tertiary/aromatic N) is 2. The van der Waals surface area contributed by atoms with Crippen LogP contribution in [0.25, 0.3) is 16.8 Å². The maximum atomic E-state index is 2.36. The summed E-state index contributed by atoms with van der Waals surface area (Å²) in [7, 11) is 0. The molecule has 0 bridgehead atoms. The van der Waals surface area contributed by atoms with Crippen molar-refractivity contribution in [1.29, 1.82) is 0 Å². The van der Waals surface area contributed by atoms with Crippen LogP contribution in [0.15, 0.2) is 61.2 Å². The summed E-state index contributed by atoms with van der Waals surface area (Å²) in [5.74, 6) is 0. The molecular weight excluding hydrogens is 316 g/mol. The second-order valence-electron chi connectivity index (χ2n) is 8.01. The summed E-state index contributed by atoms with van der Waals surface area (Å²) >= 11 is 0. The largest absolute Gasteiger partial charge is 0.210 e. The summed E-state index contributed by atoms with van der Waals surface area (Å²) in [5, 5.41) is 0. The Morgan fingerprint density at radius 3 is 2.38 bits per heavy atom. The van der Waals surface area contributed by atoms with Gasteiger partial charge in [-0.15, -0.1) is 0 Å². The van der Waals surface area contributed by atoms with Crippen molar-refractivity contribution in [2.45, 2.75) is 52.5 Å². The van der Waals surface area contributed by atoms with Crippen LogP contribution in [0, 0.1) is 6.92 Å². The molecule has 0 saturated heterocycles. The lowest BCUT2D eigenvalue weighted by molar-refractivity contribution is -0.697. The Labute approximate surface area is 156 Å². The first-order chi connectivity index (χ1) is 12.5. The number of benzene rings is 1. The highest BCUT2D eigenvalue weighted by atomic mass is 14.9. The van der Waals surface area contributed by atoms with Crippen LogP contribution in [0.5, 0.6) is 0 Å². The molecule has 0 fully saturated rings. The van der Waals surface area contributed by atoms with Crippen LogP contribution < -0.4 is 9.13 Å². The molecular formula is C24H28N2+2. The summed E-state index contributed by atoms with van der Waals surface area (Å²) in [6.45, 7) is 10.2. The number of aromatic nitrogens is 2. The predicted octanol–water partition coefficient (Wildman–Crippen LogP) is 4.67. The first-order valence-corrected chi connectivity index (χ1v) is 9.67. The molecule has 0 spiro atoms. The van der Waals surface area contributed by atoms with Crippen molar-refractivity contribution >= 4 is 0 Å². The zero-order valence-corrected chi connectivity index (χ0v) is 16.3. The molecule has 1 aliphatic carbocycles. The molecule has 0 amide bonds. The molecule has 2 aromatic heterocycles. The van der Waals surface area contributed by atoms with Crippen molar-refractivity contribution in [3.8, 4) is 16.8 Å². The molecule has 2 nitrogen and oxygen atoms in total. The Bertz CT molecular complexity index is 970. The van der Waals surface area contributed by atoms with Gasteiger partial charge in [-0.25, -0.2) is 4.57 Å². The molecule has 3 aromatic rings. The van der Waals surface area contributed by atoms with Gasteiger partial charge in [0.2, 0.25) is 5.69 Å². The van der Waals surface area contributed by atoms with E-state index in [-0.39, 0.29) is 5.41 Å². The van der Waals surface area contributed by atoms with Crippen molar-refractivity contribution in [1.82, 2.24) is 0 Å². The number of unbranched alkanes of at least 4 members (excludes halogenated alkanes) is 1. The van der Waals surface area contributed by atoms with Crippen LogP contribution in [-0.4, -0.2) is 0 Å². The maximum Gasteiger partial charge on any atom is 0.210 e. The molecule has 0 saturated carbocycles. The summed E-state index contributed by atoms with van der Waals surface area (Å²) < 4.78 is 4.61. The van der Waals surface area contributed by atoms with Gasteiger partial charge in [0.05, 0.1) is 0 Å². The third kappa shape index (κ3) is 2.74. The second-order valence-corrected chi connectivity index (χ2v) is 8.01. The number of fused-ring (bicyclic) bond motifs is 3. The summed E-state index contributed by atoms with van der Waals surface area (Å²) in [4.78, 5) is 0. The number of hydrogen-bond donors (Lipinski definition) is 0. The maximum absolute atomic E-state index is 2.36. The topological polar surface area (TPSA) is 7.76 Å². The average Bonchev–Trinajstić information content (AvgIpc) is 2.87. The van der Waals surface area contributed by atoms with E-state index >= 15 is 0 Å². The number of hydrogen-bond acceptors (Lipinski definition) is 0. The standard InChI is InChI=1S/C24H28N2/c1-5-6-12-25-13-10-20-21-11-14-26(19-9-7-8-18(2)15-19)17-23(21)24(3,4)22(20)16-25/h7-11,13-17H,5-6,12H2,1-4H3/q+2. The van der Waals surface area contributed by atoms with E-state index < -0.39 is 0 Å². The van der Waals surface area contributed by atoms with Crippen LogP contribution in [-0.2, 0) is 12.0 Å². The molecule has 0 atom stereocenters. The highest BCUT2D eigenvalue weighted by molar-refractivity contribution is 5.78. The molecule has 0 aliphatic heterocycles. The lowest BCUT2D eigenvalue weighted by Gasteiger charge is -2.18. The minimum Gasteiger partial charge on any atom is -0.205 e. The Morgan fingerprint density at radius 2 is 1.65 bits per heavy atom. The molecule has 0 unspecified atom stereocenters. The van der Waals surface area contributed by atoms with E-state index in [1.165, 1.54) is 46.3 Å². The third-order valence-corrected chi connectivity index (χ3v) is 5.68. The summed E-state index contributed by atoms with van der Waals surface area (Å²) in [5.41, 5.74) is 8.13. The average molecular weight is 345 g/mol. The van der Waals surface area contributed by atoms with Gasteiger partial charge in [-0.1, -0.05) is 39.3 Å². The van der Waals surface area contributed by atoms with Crippen molar-refractivity contribution in [3.05, 3.63) is 77.9 Å². The lowest BCUT2D eigenvalue weighted by Crippen LogP contribution is -2.35. The van der Waals surface area contributed by atoms with Crippen molar-refractivity contribution in [2.75, 3.05) is 0 Å². The fourth-order valence-electron chi connectivity index (χ4n) is 4.07. The minimum atomic E-state index is 0.0206. The van der Waals surface area contributed by atoms with Crippen LogP contribution >= 0.6 is 0 Å². The highest BCUT2D eigenvalue weighted by Gasteiger charge is 2.40. The van der Waals surface area contributed by atoms with Gasteiger partial charge in [0.1, 0.15) is 6.54 Å².